The van der Waals surface area contributed by atoms with Crippen molar-refractivity contribution >= 4 is 18.0 Å². The van der Waals surface area contributed by atoms with E-state index in [1.807, 2.05) is 49.4 Å². The lowest BCUT2D eigenvalue weighted by Gasteiger charge is -2.27. The summed E-state index contributed by atoms with van der Waals surface area (Å²) in [5.41, 5.74) is 0.935. The fourth-order valence-electron chi connectivity index (χ4n) is 3.90. The minimum Gasteiger partial charge on any atom is -0.497 e. The summed E-state index contributed by atoms with van der Waals surface area (Å²) in [6.45, 7) is 9.42. The fraction of sp³-hybridized carbons (Fsp3) is 0.516. The monoisotopic (exact) mass is 541 g/mol. The number of nitrogens with one attached hydrogen (secondary N) is 1. The Hall–Kier alpha value is -3.55. The number of ether oxygens (including phenoxy) is 4. The van der Waals surface area contributed by atoms with Crippen LogP contribution in [-0.2, 0) is 36.8 Å². The summed E-state index contributed by atoms with van der Waals surface area (Å²) in [5.74, 6) is -0.495. The highest BCUT2D eigenvalue weighted by molar-refractivity contribution is 5.82. The van der Waals surface area contributed by atoms with Crippen LogP contribution < -0.4 is 10.1 Å². The first-order chi connectivity index (χ1) is 18.5. The lowest BCUT2D eigenvalue weighted by atomic mass is 9.95. The van der Waals surface area contributed by atoms with E-state index in [2.05, 4.69) is 12.2 Å². The van der Waals surface area contributed by atoms with Gasteiger partial charge in [0.25, 0.3) is 0 Å². The molecule has 2 rings (SSSR count). The largest absolute Gasteiger partial charge is 0.497 e. The van der Waals surface area contributed by atoms with Gasteiger partial charge in [0, 0.05) is 6.42 Å². The molecule has 0 spiro atoms. The van der Waals surface area contributed by atoms with Crippen molar-refractivity contribution < 1.29 is 33.3 Å². The molecule has 0 aliphatic heterocycles. The van der Waals surface area contributed by atoms with Gasteiger partial charge in [-0.1, -0.05) is 69.2 Å². The zero-order valence-electron chi connectivity index (χ0n) is 24.0. The van der Waals surface area contributed by atoms with Crippen LogP contribution in [0.1, 0.15) is 71.4 Å². The number of carbonyl (C=O) groups excluding carboxylic acids is 3. The Balaban J connectivity index is 2.17. The van der Waals surface area contributed by atoms with E-state index in [0.717, 1.165) is 30.4 Å². The number of esters is 2. The molecule has 8 nitrogen and oxygen atoms in total. The average molecular weight is 542 g/mol. The third kappa shape index (κ3) is 12.2. The number of unbranched alkanes of at least 4 members (excludes halogenated alkanes) is 1. The van der Waals surface area contributed by atoms with E-state index < -0.39 is 35.8 Å². The summed E-state index contributed by atoms with van der Waals surface area (Å²) >= 11 is 0. The molecule has 214 valence electrons. The van der Waals surface area contributed by atoms with Gasteiger partial charge >= 0.3 is 18.0 Å². The topological polar surface area (TPSA) is 100 Å². The van der Waals surface area contributed by atoms with Crippen LogP contribution in [0.3, 0.4) is 0 Å². The van der Waals surface area contributed by atoms with Gasteiger partial charge in [0.2, 0.25) is 0 Å². The van der Waals surface area contributed by atoms with E-state index in [1.165, 1.54) is 0 Å². The zero-order chi connectivity index (χ0) is 28.8. The minimum atomic E-state index is -1.02. The summed E-state index contributed by atoms with van der Waals surface area (Å²) in [4.78, 5) is 38.8. The second-order valence-corrected chi connectivity index (χ2v) is 10.7. The molecule has 0 heterocycles. The number of carbonyl (C=O) groups is 3. The molecule has 2 aromatic rings. The molecule has 0 saturated carbocycles. The van der Waals surface area contributed by atoms with E-state index >= 15 is 0 Å². The van der Waals surface area contributed by atoms with Crippen LogP contribution in [0, 0.1) is 5.92 Å². The standard InChI is InChI=1S/C31H43NO7/c1-7-8-12-22(2)27(20-28(33)37-21-24-13-10-9-11-14-24)38-29(34)26(32-30(35)39-31(3,4)5)19-23-15-17-25(36-6)18-16-23/h9-11,13-18,22,26-27H,7-8,12,19-21H2,1-6H3,(H,32,35)/t22-,26+,27-/m0/s1. The average Bonchev–Trinajstić information content (AvgIpc) is 2.89. The van der Waals surface area contributed by atoms with Crippen LogP contribution >= 0.6 is 0 Å². The van der Waals surface area contributed by atoms with Crippen molar-refractivity contribution in [3.05, 3.63) is 65.7 Å². The molecular weight excluding hydrogens is 498 g/mol. The van der Waals surface area contributed by atoms with Gasteiger partial charge in [-0.05, 0) is 56.4 Å². The summed E-state index contributed by atoms with van der Waals surface area (Å²) in [6, 6.07) is 15.6. The molecule has 0 aliphatic carbocycles. The first kappa shape index (κ1) is 31.7. The molecule has 39 heavy (non-hydrogen) atoms. The number of hydrogen-bond acceptors (Lipinski definition) is 7. The molecule has 2 aromatic carbocycles. The number of amides is 1. The number of methoxy groups -OCH3 is 1. The molecular formula is C31H43NO7. The summed E-state index contributed by atoms with van der Waals surface area (Å²) < 4.78 is 22.0. The normalized spacial score (nSPS) is 13.5. The molecule has 0 fully saturated rings. The van der Waals surface area contributed by atoms with Gasteiger partial charge in [0.15, 0.2) is 0 Å². The molecule has 3 atom stereocenters. The van der Waals surface area contributed by atoms with Gasteiger partial charge in [-0.2, -0.15) is 0 Å². The highest BCUT2D eigenvalue weighted by Gasteiger charge is 2.31. The molecule has 0 aliphatic rings. The van der Waals surface area contributed by atoms with E-state index in [9.17, 15) is 14.4 Å². The van der Waals surface area contributed by atoms with Crippen molar-refractivity contribution in [2.75, 3.05) is 7.11 Å². The summed E-state index contributed by atoms with van der Waals surface area (Å²) in [5, 5.41) is 2.65. The van der Waals surface area contributed by atoms with E-state index in [-0.39, 0.29) is 25.4 Å². The Labute approximate surface area is 232 Å². The van der Waals surface area contributed by atoms with Crippen molar-refractivity contribution in [1.82, 2.24) is 5.32 Å². The number of alkyl carbamates (subject to hydrolysis) is 1. The van der Waals surface area contributed by atoms with Crippen LogP contribution in [0.2, 0.25) is 0 Å². The number of benzene rings is 2. The van der Waals surface area contributed by atoms with E-state index in [1.54, 1.807) is 40.0 Å². The third-order valence-electron chi connectivity index (χ3n) is 6.10. The van der Waals surface area contributed by atoms with Gasteiger partial charge < -0.3 is 24.3 Å². The van der Waals surface area contributed by atoms with Gasteiger partial charge in [-0.25, -0.2) is 9.59 Å². The first-order valence-corrected chi connectivity index (χ1v) is 13.5. The van der Waals surface area contributed by atoms with Gasteiger partial charge in [-0.3, -0.25) is 4.79 Å². The second kappa shape index (κ2) is 15.8. The summed E-state index contributed by atoms with van der Waals surface area (Å²) in [7, 11) is 1.57. The quantitative estimate of drug-likeness (QED) is 0.231. The molecule has 0 unspecified atom stereocenters. The van der Waals surface area contributed by atoms with E-state index in [4.69, 9.17) is 18.9 Å². The lowest BCUT2D eigenvalue weighted by Crippen LogP contribution is -2.47. The molecule has 1 amide bonds. The predicted octanol–water partition coefficient (Wildman–Crippen LogP) is 6.00. The number of hydrogen-bond donors (Lipinski definition) is 1. The maximum absolute atomic E-state index is 13.5. The second-order valence-electron chi connectivity index (χ2n) is 10.7. The van der Waals surface area contributed by atoms with Gasteiger partial charge in [-0.15, -0.1) is 0 Å². The summed E-state index contributed by atoms with van der Waals surface area (Å²) in [6.07, 6.45) is 1.36. The van der Waals surface area contributed by atoms with Crippen molar-refractivity contribution in [2.24, 2.45) is 5.92 Å². The Bertz CT molecular complexity index is 1030. The SMILES string of the molecule is CCCC[C@H](C)[C@H](CC(=O)OCc1ccccc1)OC(=O)[C@@H](Cc1ccc(OC)cc1)NC(=O)OC(C)(C)C. The van der Waals surface area contributed by atoms with Crippen LogP contribution in [0.15, 0.2) is 54.6 Å². The predicted molar refractivity (Wildman–Crippen MR) is 149 cm³/mol. The zero-order valence-corrected chi connectivity index (χ0v) is 24.0. The van der Waals surface area contributed by atoms with Crippen molar-refractivity contribution in [2.45, 2.75) is 91.1 Å². The Kier molecular flexibility index (Phi) is 12.8. The Morgan fingerprint density at radius 1 is 0.949 bits per heavy atom. The van der Waals surface area contributed by atoms with Gasteiger partial charge in [0.05, 0.1) is 13.5 Å². The third-order valence-corrected chi connectivity index (χ3v) is 6.10. The molecule has 0 aromatic heterocycles. The minimum absolute atomic E-state index is 0.0782. The Morgan fingerprint density at radius 2 is 1.62 bits per heavy atom. The highest BCUT2D eigenvalue weighted by atomic mass is 16.6. The van der Waals surface area contributed by atoms with Gasteiger partial charge in [0.1, 0.15) is 30.1 Å². The first-order valence-electron chi connectivity index (χ1n) is 13.5. The van der Waals surface area contributed by atoms with Crippen molar-refractivity contribution in [3.63, 3.8) is 0 Å². The number of rotatable bonds is 14. The Morgan fingerprint density at radius 3 is 2.21 bits per heavy atom. The molecule has 1 N–H and O–H groups in total. The van der Waals surface area contributed by atoms with Crippen LogP contribution in [-0.4, -0.2) is 42.9 Å². The lowest BCUT2D eigenvalue weighted by molar-refractivity contribution is -0.160. The maximum atomic E-state index is 13.5. The highest BCUT2D eigenvalue weighted by Crippen LogP contribution is 2.21. The van der Waals surface area contributed by atoms with Crippen molar-refractivity contribution in [3.8, 4) is 5.75 Å². The smallest absolute Gasteiger partial charge is 0.408 e. The van der Waals surface area contributed by atoms with Crippen LogP contribution in [0.5, 0.6) is 5.75 Å². The van der Waals surface area contributed by atoms with E-state index in [0.29, 0.717) is 5.75 Å². The molecule has 0 radical (unpaired) electrons. The molecule has 0 bridgehead atoms. The van der Waals surface area contributed by atoms with Crippen LogP contribution in [0.4, 0.5) is 4.79 Å². The van der Waals surface area contributed by atoms with Crippen molar-refractivity contribution in [1.29, 1.82) is 0 Å². The maximum Gasteiger partial charge on any atom is 0.408 e. The van der Waals surface area contributed by atoms with Crippen LogP contribution in [0.25, 0.3) is 0 Å². The molecule has 8 heteroatoms. The molecule has 0 saturated heterocycles. The fourth-order valence-corrected chi connectivity index (χ4v) is 3.90.